The van der Waals surface area contributed by atoms with Crippen LogP contribution in [0.5, 0.6) is 0 Å². The third-order valence-corrected chi connectivity index (χ3v) is 5.66. The number of halogens is 1. The lowest BCUT2D eigenvalue weighted by molar-refractivity contribution is -0.0502. The van der Waals surface area contributed by atoms with Crippen molar-refractivity contribution in [3.63, 3.8) is 0 Å². The van der Waals surface area contributed by atoms with E-state index in [-0.39, 0.29) is 30.1 Å². The molecule has 0 aliphatic carbocycles. The lowest BCUT2D eigenvalue weighted by atomic mass is 10.1. The Morgan fingerprint density at radius 2 is 2.12 bits per heavy atom. The zero-order valence-electron chi connectivity index (χ0n) is 15.8. The predicted molar refractivity (Wildman–Crippen MR) is 122 cm³/mol. The molecule has 2 atom stereocenters. The molecule has 3 rings (SSSR count). The minimum absolute atomic E-state index is 0. The van der Waals surface area contributed by atoms with E-state index in [9.17, 15) is 0 Å². The molecular weight excluding hydrogens is 459 g/mol. The topological polar surface area (TPSA) is 40.1 Å². The molecule has 2 heterocycles. The third-order valence-electron chi connectivity index (χ3n) is 4.96. The Labute approximate surface area is 179 Å². The van der Waals surface area contributed by atoms with Gasteiger partial charge in [0.05, 0.1) is 18.8 Å². The SMILES string of the molecule is CN=C(NCCCSC)N1CC2OCCN(Cc3ccccc3)C2C1.I. The van der Waals surface area contributed by atoms with E-state index < -0.39 is 0 Å². The van der Waals surface area contributed by atoms with Gasteiger partial charge in [0.1, 0.15) is 0 Å². The molecule has 0 amide bonds. The van der Waals surface area contributed by atoms with Crippen molar-refractivity contribution in [3.8, 4) is 0 Å². The summed E-state index contributed by atoms with van der Waals surface area (Å²) in [6.07, 6.45) is 3.60. The highest BCUT2D eigenvalue weighted by Crippen LogP contribution is 2.24. The van der Waals surface area contributed by atoms with Gasteiger partial charge in [-0.1, -0.05) is 30.3 Å². The number of aliphatic imine (C=N–C) groups is 1. The van der Waals surface area contributed by atoms with Crippen molar-refractivity contribution < 1.29 is 4.74 Å². The van der Waals surface area contributed by atoms with E-state index in [1.54, 1.807) is 0 Å². The molecule has 26 heavy (non-hydrogen) atoms. The highest BCUT2D eigenvalue weighted by atomic mass is 127. The Kier molecular flexibility index (Phi) is 9.52. The molecule has 0 bridgehead atoms. The van der Waals surface area contributed by atoms with Gasteiger partial charge in [-0.15, -0.1) is 24.0 Å². The average molecular weight is 490 g/mol. The van der Waals surface area contributed by atoms with Gasteiger partial charge in [0.25, 0.3) is 0 Å². The molecule has 2 unspecified atom stereocenters. The number of fused-ring (bicyclic) bond motifs is 1. The maximum Gasteiger partial charge on any atom is 0.193 e. The van der Waals surface area contributed by atoms with Crippen LogP contribution in [0.1, 0.15) is 12.0 Å². The predicted octanol–water partition coefficient (Wildman–Crippen LogP) is 2.52. The highest BCUT2D eigenvalue weighted by Gasteiger charge is 2.41. The molecule has 0 radical (unpaired) electrons. The Bertz CT molecular complexity index is 560. The van der Waals surface area contributed by atoms with Crippen LogP contribution in [0.3, 0.4) is 0 Å². The monoisotopic (exact) mass is 490 g/mol. The number of thioether (sulfide) groups is 1. The van der Waals surface area contributed by atoms with Gasteiger partial charge in [-0.05, 0) is 24.0 Å². The van der Waals surface area contributed by atoms with Crippen molar-refractivity contribution >= 4 is 41.7 Å². The molecule has 1 aromatic carbocycles. The molecule has 1 N–H and O–H groups in total. The fourth-order valence-corrected chi connectivity index (χ4v) is 4.13. The standard InChI is InChI=1S/C19H30N4OS.HI/c1-20-19(21-9-6-12-25-2)23-14-17-18(15-23)24-11-10-22(17)13-16-7-4-3-5-8-16;/h3-5,7-8,17-18H,6,9-15H2,1-2H3,(H,20,21);1H. The summed E-state index contributed by atoms with van der Waals surface area (Å²) in [6.45, 7) is 5.72. The summed E-state index contributed by atoms with van der Waals surface area (Å²) in [5, 5.41) is 3.51. The quantitative estimate of drug-likeness (QED) is 0.287. The number of nitrogens with one attached hydrogen (secondary N) is 1. The number of likely N-dealkylation sites (tertiary alicyclic amines) is 1. The number of guanidine groups is 1. The smallest absolute Gasteiger partial charge is 0.193 e. The van der Waals surface area contributed by atoms with Crippen molar-refractivity contribution in [2.75, 3.05) is 51.8 Å². The van der Waals surface area contributed by atoms with E-state index in [2.05, 4.69) is 56.7 Å². The molecule has 2 saturated heterocycles. The summed E-state index contributed by atoms with van der Waals surface area (Å²) in [5.74, 6) is 2.20. The molecule has 0 aromatic heterocycles. The van der Waals surface area contributed by atoms with E-state index in [0.717, 1.165) is 51.7 Å². The van der Waals surface area contributed by atoms with Crippen LogP contribution in [0, 0.1) is 0 Å². The Hall–Kier alpha value is -0.510. The van der Waals surface area contributed by atoms with Crippen LogP contribution in [0.25, 0.3) is 0 Å². The molecule has 2 fully saturated rings. The summed E-state index contributed by atoms with van der Waals surface area (Å²) in [6, 6.07) is 11.2. The van der Waals surface area contributed by atoms with Crippen molar-refractivity contribution in [1.82, 2.24) is 15.1 Å². The van der Waals surface area contributed by atoms with Crippen molar-refractivity contribution in [2.24, 2.45) is 4.99 Å². The van der Waals surface area contributed by atoms with Crippen LogP contribution < -0.4 is 5.32 Å². The average Bonchev–Trinajstić information content (AvgIpc) is 3.08. The fourth-order valence-electron chi connectivity index (χ4n) is 3.69. The van der Waals surface area contributed by atoms with E-state index in [4.69, 9.17) is 4.74 Å². The van der Waals surface area contributed by atoms with E-state index >= 15 is 0 Å². The summed E-state index contributed by atoms with van der Waals surface area (Å²) < 4.78 is 6.07. The normalized spacial score (nSPS) is 23.5. The number of hydrogen-bond donors (Lipinski definition) is 1. The van der Waals surface area contributed by atoms with E-state index in [1.165, 1.54) is 11.3 Å². The van der Waals surface area contributed by atoms with Gasteiger partial charge in [-0.25, -0.2) is 0 Å². The summed E-state index contributed by atoms with van der Waals surface area (Å²) in [5.41, 5.74) is 1.38. The van der Waals surface area contributed by atoms with Crippen LogP contribution in [-0.4, -0.2) is 79.7 Å². The van der Waals surface area contributed by atoms with Gasteiger partial charge in [-0.3, -0.25) is 9.89 Å². The molecule has 2 aliphatic heterocycles. The number of hydrogen-bond acceptors (Lipinski definition) is 4. The Morgan fingerprint density at radius 3 is 2.85 bits per heavy atom. The first-order valence-electron chi connectivity index (χ1n) is 9.16. The first kappa shape index (κ1) is 21.8. The number of rotatable bonds is 6. The van der Waals surface area contributed by atoms with Gasteiger partial charge < -0.3 is 15.0 Å². The second kappa shape index (κ2) is 11.4. The minimum Gasteiger partial charge on any atom is -0.373 e. The molecule has 0 saturated carbocycles. The molecule has 7 heteroatoms. The van der Waals surface area contributed by atoms with Crippen LogP contribution in [-0.2, 0) is 11.3 Å². The van der Waals surface area contributed by atoms with Gasteiger partial charge in [0.2, 0.25) is 0 Å². The number of nitrogens with zero attached hydrogens (tertiary/aromatic N) is 3. The van der Waals surface area contributed by atoms with Crippen LogP contribution >= 0.6 is 35.7 Å². The second-order valence-electron chi connectivity index (χ2n) is 6.66. The van der Waals surface area contributed by atoms with Gasteiger partial charge in [0.15, 0.2) is 5.96 Å². The third kappa shape index (κ3) is 5.74. The minimum atomic E-state index is 0. The van der Waals surface area contributed by atoms with Crippen LogP contribution in [0.4, 0.5) is 0 Å². The highest BCUT2D eigenvalue weighted by molar-refractivity contribution is 14.0. The number of ether oxygens (including phenoxy) is 1. The molecule has 2 aliphatic rings. The van der Waals surface area contributed by atoms with Crippen molar-refractivity contribution in [2.45, 2.75) is 25.1 Å². The maximum atomic E-state index is 6.07. The largest absolute Gasteiger partial charge is 0.373 e. The van der Waals surface area contributed by atoms with Crippen molar-refractivity contribution in [1.29, 1.82) is 0 Å². The molecule has 146 valence electrons. The van der Waals surface area contributed by atoms with Crippen molar-refractivity contribution in [3.05, 3.63) is 35.9 Å². The summed E-state index contributed by atoms with van der Waals surface area (Å²) in [4.78, 5) is 9.42. The Balaban J connectivity index is 0.00000243. The number of benzene rings is 1. The molecule has 1 aromatic rings. The van der Waals surface area contributed by atoms with E-state index in [0.29, 0.717) is 6.04 Å². The van der Waals surface area contributed by atoms with Crippen LogP contribution in [0.2, 0.25) is 0 Å². The zero-order valence-corrected chi connectivity index (χ0v) is 18.9. The molecule has 5 nitrogen and oxygen atoms in total. The second-order valence-corrected chi connectivity index (χ2v) is 7.64. The Morgan fingerprint density at radius 1 is 1.31 bits per heavy atom. The fraction of sp³-hybridized carbons (Fsp3) is 0.632. The van der Waals surface area contributed by atoms with Gasteiger partial charge >= 0.3 is 0 Å². The summed E-state index contributed by atoms with van der Waals surface area (Å²) in [7, 11) is 1.88. The van der Waals surface area contributed by atoms with Crippen LogP contribution in [0.15, 0.2) is 35.3 Å². The first-order valence-corrected chi connectivity index (χ1v) is 10.6. The molecule has 0 spiro atoms. The van der Waals surface area contributed by atoms with Gasteiger partial charge in [-0.2, -0.15) is 11.8 Å². The maximum absolute atomic E-state index is 6.07. The number of morpholine rings is 1. The van der Waals surface area contributed by atoms with E-state index in [1.807, 2.05) is 18.8 Å². The zero-order chi connectivity index (χ0) is 17.5. The first-order chi connectivity index (χ1) is 12.3. The lowest BCUT2D eigenvalue weighted by Crippen LogP contribution is -2.50. The summed E-state index contributed by atoms with van der Waals surface area (Å²) >= 11 is 1.89. The molecular formula is C19H31IN4OS. The lowest BCUT2D eigenvalue weighted by Gasteiger charge is -2.36. The van der Waals surface area contributed by atoms with Gasteiger partial charge in [0, 0.05) is 39.8 Å².